The number of ether oxygens (including phenoxy) is 1. The summed E-state index contributed by atoms with van der Waals surface area (Å²) in [6, 6.07) is 10.3. The van der Waals surface area contributed by atoms with Crippen molar-refractivity contribution in [3.8, 4) is 0 Å². The normalized spacial score (nSPS) is 14.7. The smallest absolute Gasteiger partial charge is 0.243 e. The first-order valence-electron chi connectivity index (χ1n) is 11.4. The lowest BCUT2D eigenvalue weighted by Gasteiger charge is -2.26. The number of carbonyl (C=O) groups excluding carboxylic acids is 2. The minimum Gasteiger partial charge on any atom is -0.379 e. The first-order valence-corrected chi connectivity index (χ1v) is 12.8. The van der Waals surface area contributed by atoms with Gasteiger partial charge in [-0.1, -0.05) is 6.07 Å². The summed E-state index contributed by atoms with van der Waals surface area (Å²) in [7, 11) is -1.78. The van der Waals surface area contributed by atoms with Crippen molar-refractivity contribution in [2.45, 2.75) is 31.6 Å². The van der Waals surface area contributed by atoms with E-state index in [0.29, 0.717) is 55.4 Å². The molecule has 2 N–H and O–H groups in total. The fourth-order valence-corrected chi connectivity index (χ4v) is 5.48. The molecule has 0 bridgehead atoms. The summed E-state index contributed by atoms with van der Waals surface area (Å²) < 4.78 is 34.5. The van der Waals surface area contributed by atoms with Gasteiger partial charge in [-0.25, -0.2) is 13.4 Å². The second-order valence-electron chi connectivity index (χ2n) is 8.53. The van der Waals surface area contributed by atoms with Crippen molar-refractivity contribution in [2.75, 3.05) is 36.9 Å². The molecular formula is C24H29N5O5S. The summed E-state index contributed by atoms with van der Waals surface area (Å²) in [6.07, 6.45) is 0.535. The highest BCUT2D eigenvalue weighted by molar-refractivity contribution is 7.89. The number of nitrogens with zero attached hydrogens (tertiary/aromatic N) is 3. The predicted molar refractivity (Wildman–Crippen MR) is 133 cm³/mol. The van der Waals surface area contributed by atoms with E-state index in [2.05, 4.69) is 15.6 Å². The van der Waals surface area contributed by atoms with Crippen molar-refractivity contribution in [3.63, 3.8) is 0 Å². The molecule has 11 heteroatoms. The average molecular weight is 500 g/mol. The molecule has 0 aliphatic carbocycles. The predicted octanol–water partition coefficient (Wildman–Crippen LogP) is 2.43. The van der Waals surface area contributed by atoms with Crippen molar-refractivity contribution in [3.05, 3.63) is 47.8 Å². The average Bonchev–Trinajstić information content (AvgIpc) is 3.14. The highest BCUT2D eigenvalue weighted by Crippen LogP contribution is 2.25. The number of hydrogen-bond donors (Lipinski definition) is 2. The molecule has 1 fully saturated rings. The Bertz CT molecular complexity index is 1380. The number of aryl methyl sites for hydroxylation is 3. The van der Waals surface area contributed by atoms with Crippen LogP contribution in [0.15, 0.2) is 41.3 Å². The molecular weight excluding hydrogens is 470 g/mol. The topological polar surface area (TPSA) is 123 Å². The molecule has 186 valence electrons. The van der Waals surface area contributed by atoms with Crippen molar-refractivity contribution in [2.24, 2.45) is 7.05 Å². The van der Waals surface area contributed by atoms with Gasteiger partial charge in [0.1, 0.15) is 5.82 Å². The van der Waals surface area contributed by atoms with Gasteiger partial charge in [-0.2, -0.15) is 4.31 Å². The Kier molecular flexibility index (Phi) is 7.20. The van der Waals surface area contributed by atoms with Gasteiger partial charge < -0.3 is 19.9 Å². The summed E-state index contributed by atoms with van der Waals surface area (Å²) >= 11 is 0. The Labute approximate surface area is 204 Å². The van der Waals surface area contributed by atoms with E-state index >= 15 is 0 Å². The third-order valence-electron chi connectivity index (χ3n) is 5.89. The third kappa shape index (κ3) is 5.53. The largest absolute Gasteiger partial charge is 0.379 e. The Morgan fingerprint density at radius 2 is 1.80 bits per heavy atom. The number of hydrogen-bond acceptors (Lipinski definition) is 6. The number of carbonyl (C=O) groups is 2. The van der Waals surface area contributed by atoms with Crippen molar-refractivity contribution < 1.29 is 22.7 Å². The monoisotopic (exact) mass is 499 g/mol. The molecule has 1 aliphatic heterocycles. The number of rotatable bonds is 7. The summed E-state index contributed by atoms with van der Waals surface area (Å²) in [6.45, 7) is 4.73. The standard InChI is InChI=1S/C24H29N5O5S/c1-16-4-6-19(25-17(2)30)20(14-16)27-24(31)9-8-23-26-21-15-18(5-7-22(21)28(23)3)35(32,33)29-10-12-34-13-11-29/h4-7,14-15H,8-13H2,1-3H3,(H,25,30)(H,27,31). The van der Waals surface area contributed by atoms with Crippen LogP contribution in [0.1, 0.15) is 24.7 Å². The van der Waals surface area contributed by atoms with Crippen molar-refractivity contribution in [1.82, 2.24) is 13.9 Å². The van der Waals surface area contributed by atoms with E-state index in [4.69, 9.17) is 4.74 Å². The second kappa shape index (κ2) is 10.1. The molecule has 2 aromatic carbocycles. The number of imidazole rings is 1. The third-order valence-corrected chi connectivity index (χ3v) is 7.78. The zero-order valence-electron chi connectivity index (χ0n) is 20.0. The highest BCUT2D eigenvalue weighted by Gasteiger charge is 2.27. The fourth-order valence-electron chi connectivity index (χ4n) is 4.05. The molecule has 4 rings (SSSR count). The number of sulfonamides is 1. The lowest BCUT2D eigenvalue weighted by atomic mass is 10.1. The summed E-state index contributed by atoms with van der Waals surface area (Å²) in [5, 5.41) is 5.58. The Morgan fingerprint density at radius 3 is 2.51 bits per heavy atom. The van der Waals surface area contributed by atoms with Crippen LogP contribution in [0.4, 0.5) is 11.4 Å². The van der Waals surface area contributed by atoms with E-state index in [1.54, 1.807) is 30.3 Å². The lowest BCUT2D eigenvalue weighted by Crippen LogP contribution is -2.40. The highest BCUT2D eigenvalue weighted by atomic mass is 32.2. The van der Waals surface area contributed by atoms with Crippen LogP contribution < -0.4 is 10.6 Å². The number of benzene rings is 2. The molecule has 1 aliphatic rings. The maximum atomic E-state index is 13.0. The van der Waals surface area contributed by atoms with Gasteiger partial charge in [0.15, 0.2) is 0 Å². The molecule has 10 nitrogen and oxygen atoms in total. The van der Waals surface area contributed by atoms with Gasteiger partial charge in [-0.3, -0.25) is 9.59 Å². The number of fused-ring (bicyclic) bond motifs is 1. The van der Waals surface area contributed by atoms with E-state index in [1.807, 2.05) is 24.6 Å². The molecule has 0 saturated carbocycles. The molecule has 35 heavy (non-hydrogen) atoms. The fraction of sp³-hybridized carbons (Fsp3) is 0.375. The number of morpholine rings is 1. The van der Waals surface area contributed by atoms with Crippen LogP contribution in [0.25, 0.3) is 11.0 Å². The molecule has 2 amide bonds. The quantitative estimate of drug-likeness (QED) is 0.515. The van der Waals surface area contributed by atoms with E-state index in [0.717, 1.165) is 11.1 Å². The molecule has 0 spiro atoms. The van der Waals surface area contributed by atoms with Gasteiger partial charge in [0, 0.05) is 39.9 Å². The van der Waals surface area contributed by atoms with Crippen molar-refractivity contribution >= 4 is 44.2 Å². The molecule has 0 radical (unpaired) electrons. The van der Waals surface area contributed by atoms with Gasteiger partial charge >= 0.3 is 0 Å². The Morgan fingerprint density at radius 1 is 1.06 bits per heavy atom. The van der Waals surface area contributed by atoms with Crippen LogP contribution in [0.2, 0.25) is 0 Å². The van der Waals surface area contributed by atoms with E-state index in [-0.39, 0.29) is 23.1 Å². The van der Waals surface area contributed by atoms with Gasteiger partial charge in [-0.15, -0.1) is 0 Å². The van der Waals surface area contributed by atoms with Crippen LogP contribution in [-0.2, 0) is 37.8 Å². The molecule has 3 aromatic rings. The van der Waals surface area contributed by atoms with Crippen LogP contribution in [0.3, 0.4) is 0 Å². The molecule has 0 atom stereocenters. The first kappa shape index (κ1) is 24.8. The van der Waals surface area contributed by atoms with Gasteiger partial charge in [0.2, 0.25) is 21.8 Å². The maximum Gasteiger partial charge on any atom is 0.243 e. The summed E-state index contributed by atoms with van der Waals surface area (Å²) in [5.74, 6) is 0.228. The van der Waals surface area contributed by atoms with E-state index in [1.165, 1.54) is 11.2 Å². The van der Waals surface area contributed by atoms with Crippen LogP contribution in [0, 0.1) is 6.92 Å². The summed E-state index contributed by atoms with van der Waals surface area (Å²) in [5.41, 5.74) is 3.37. The number of aromatic nitrogens is 2. The minimum absolute atomic E-state index is 0.170. The van der Waals surface area contributed by atoms with Crippen LogP contribution >= 0.6 is 0 Å². The zero-order valence-corrected chi connectivity index (χ0v) is 20.8. The molecule has 2 heterocycles. The van der Waals surface area contributed by atoms with Gasteiger partial charge in [0.25, 0.3) is 0 Å². The number of amides is 2. The molecule has 1 aromatic heterocycles. The first-order chi connectivity index (χ1) is 16.6. The van der Waals surface area contributed by atoms with E-state index < -0.39 is 10.0 Å². The SMILES string of the molecule is CC(=O)Nc1ccc(C)cc1NC(=O)CCc1nc2cc(S(=O)(=O)N3CCOCC3)ccc2n1C. The van der Waals surface area contributed by atoms with E-state index in [9.17, 15) is 18.0 Å². The van der Waals surface area contributed by atoms with Crippen LogP contribution in [0.5, 0.6) is 0 Å². The van der Waals surface area contributed by atoms with Crippen LogP contribution in [-0.4, -0.2) is 60.4 Å². The Balaban J connectivity index is 1.48. The summed E-state index contributed by atoms with van der Waals surface area (Å²) in [4.78, 5) is 28.9. The second-order valence-corrected chi connectivity index (χ2v) is 10.5. The number of nitrogens with one attached hydrogen (secondary N) is 2. The molecule has 1 saturated heterocycles. The minimum atomic E-state index is -3.62. The van der Waals surface area contributed by atoms with Gasteiger partial charge in [-0.05, 0) is 42.8 Å². The van der Waals surface area contributed by atoms with Gasteiger partial charge in [0.05, 0.1) is 40.5 Å². The number of anilines is 2. The van der Waals surface area contributed by atoms with Crippen molar-refractivity contribution in [1.29, 1.82) is 0 Å². The zero-order chi connectivity index (χ0) is 25.2. The maximum absolute atomic E-state index is 13.0. The Hall–Kier alpha value is -3.28. The molecule has 0 unspecified atom stereocenters. The lowest BCUT2D eigenvalue weighted by molar-refractivity contribution is -0.116.